The molecule has 4 nitrogen and oxygen atoms in total. The third-order valence-electron chi connectivity index (χ3n) is 5.02. The van der Waals surface area contributed by atoms with Gasteiger partial charge in [0.1, 0.15) is 17.5 Å². The number of rotatable bonds is 5. The summed E-state index contributed by atoms with van der Waals surface area (Å²) in [4.78, 5) is 9.58. The second kappa shape index (κ2) is 5.47. The van der Waals surface area contributed by atoms with Gasteiger partial charge in [0.15, 0.2) is 0 Å². The Morgan fingerprint density at radius 3 is 2.43 bits per heavy atom. The summed E-state index contributed by atoms with van der Waals surface area (Å²) in [6, 6.07) is 0.521. The number of hydrogen-bond acceptors (Lipinski definition) is 4. The average molecular weight is 288 g/mol. The van der Waals surface area contributed by atoms with Crippen LogP contribution in [0.3, 0.4) is 0 Å². The van der Waals surface area contributed by atoms with Gasteiger partial charge in [0.05, 0.1) is 0 Å². The Hall–Kier alpha value is -1.32. The molecule has 2 saturated carbocycles. The predicted molar refractivity (Wildman–Crippen MR) is 88.0 cm³/mol. The first kappa shape index (κ1) is 14.6. The van der Waals surface area contributed by atoms with Crippen LogP contribution in [0.4, 0.5) is 11.6 Å². The summed E-state index contributed by atoms with van der Waals surface area (Å²) in [5.74, 6) is 3.66. The van der Waals surface area contributed by atoms with Gasteiger partial charge in [-0.05, 0) is 44.9 Å². The molecule has 4 heteroatoms. The molecule has 2 N–H and O–H groups in total. The maximum absolute atomic E-state index is 4.84. The maximum Gasteiger partial charge on any atom is 0.136 e. The molecule has 0 bridgehead atoms. The fourth-order valence-corrected chi connectivity index (χ4v) is 3.30. The number of aromatic nitrogens is 2. The molecule has 21 heavy (non-hydrogen) atoms. The van der Waals surface area contributed by atoms with Crippen molar-refractivity contribution in [2.75, 3.05) is 17.2 Å². The van der Waals surface area contributed by atoms with Crippen LogP contribution in [0.1, 0.15) is 70.2 Å². The van der Waals surface area contributed by atoms with E-state index in [1.54, 1.807) is 0 Å². The van der Waals surface area contributed by atoms with Gasteiger partial charge >= 0.3 is 0 Å². The van der Waals surface area contributed by atoms with Gasteiger partial charge in [0, 0.05) is 24.1 Å². The van der Waals surface area contributed by atoms with Gasteiger partial charge in [0.2, 0.25) is 0 Å². The highest BCUT2D eigenvalue weighted by molar-refractivity contribution is 5.58. The molecule has 0 spiro atoms. The lowest BCUT2D eigenvalue weighted by Gasteiger charge is -2.29. The van der Waals surface area contributed by atoms with E-state index >= 15 is 0 Å². The van der Waals surface area contributed by atoms with E-state index in [9.17, 15) is 0 Å². The third kappa shape index (κ3) is 2.99. The summed E-state index contributed by atoms with van der Waals surface area (Å²) in [6.07, 6.45) is 6.33. The number of anilines is 2. The third-order valence-corrected chi connectivity index (χ3v) is 5.02. The molecule has 1 unspecified atom stereocenters. The summed E-state index contributed by atoms with van der Waals surface area (Å²) in [7, 11) is 0. The number of hydrogen-bond donors (Lipinski definition) is 2. The van der Waals surface area contributed by atoms with Crippen LogP contribution in [-0.4, -0.2) is 22.6 Å². The Balaban J connectivity index is 1.89. The standard InChI is InChI=1S/C17H28N4/c1-5-18-14-11(2)15(21-16(20-14)12-8-9-12)19-13-7-6-10-17(13,3)4/h12-13H,5-10H2,1-4H3,(H2,18,19,20,21). The Morgan fingerprint density at radius 2 is 1.86 bits per heavy atom. The summed E-state index contributed by atoms with van der Waals surface area (Å²) < 4.78 is 0. The van der Waals surface area contributed by atoms with E-state index in [-0.39, 0.29) is 0 Å². The molecule has 0 aromatic carbocycles. The van der Waals surface area contributed by atoms with Gasteiger partial charge in [-0.2, -0.15) is 0 Å². The van der Waals surface area contributed by atoms with E-state index in [0.717, 1.165) is 29.6 Å². The first-order valence-electron chi connectivity index (χ1n) is 8.40. The molecule has 3 rings (SSSR count). The lowest BCUT2D eigenvalue weighted by atomic mass is 9.87. The van der Waals surface area contributed by atoms with Crippen LogP contribution in [0.15, 0.2) is 0 Å². The van der Waals surface area contributed by atoms with Crippen molar-refractivity contribution in [2.24, 2.45) is 5.41 Å². The minimum absolute atomic E-state index is 0.357. The van der Waals surface area contributed by atoms with Crippen LogP contribution in [-0.2, 0) is 0 Å². The molecule has 1 atom stereocenters. The van der Waals surface area contributed by atoms with Crippen LogP contribution < -0.4 is 10.6 Å². The van der Waals surface area contributed by atoms with E-state index in [0.29, 0.717) is 17.4 Å². The van der Waals surface area contributed by atoms with E-state index in [4.69, 9.17) is 9.97 Å². The highest BCUT2D eigenvalue weighted by atomic mass is 15.1. The Kier molecular flexibility index (Phi) is 3.80. The van der Waals surface area contributed by atoms with Crippen molar-refractivity contribution >= 4 is 11.6 Å². The zero-order valence-corrected chi connectivity index (χ0v) is 13.8. The van der Waals surface area contributed by atoms with Crippen LogP contribution in [0, 0.1) is 12.3 Å². The smallest absolute Gasteiger partial charge is 0.136 e. The predicted octanol–water partition coefficient (Wildman–Crippen LogP) is 4.08. The molecule has 0 aliphatic heterocycles. The highest BCUT2D eigenvalue weighted by Crippen LogP contribution is 2.42. The van der Waals surface area contributed by atoms with Crippen molar-refractivity contribution in [1.82, 2.24) is 9.97 Å². The molecule has 1 aromatic heterocycles. The normalized spacial score (nSPS) is 24.1. The molecule has 0 radical (unpaired) electrons. The topological polar surface area (TPSA) is 49.8 Å². The van der Waals surface area contributed by atoms with Crippen molar-refractivity contribution in [3.05, 3.63) is 11.4 Å². The average Bonchev–Trinajstić information content (AvgIpc) is 3.21. The van der Waals surface area contributed by atoms with Crippen molar-refractivity contribution in [3.63, 3.8) is 0 Å². The zero-order chi connectivity index (χ0) is 15.0. The molecular formula is C17H28N4. The number of nitrogens with zero attached hydrogens (tertiary/aromatic N) is 2. The molecule has 0 saturated heterocycles. The van der Waals surface area contributed by atoms with Gasteiger partial charge in [-0.25, -0.2) is 9.97 Å². The van der Waals surface area contributed by atoms with Crippen molar-refractivity contribution < 1.29 is 0 Å². The van der Waals surface area contributed by atoms with Crippen molar-refractivity contribution in [2.45, 2.75) is 71.8 Å². The minimum Gasteiger partial charge on any atom is -0.370 e. The SMILES string of the molecule is CCNc1nc(C2CC2)nc(NC2CCCC2(C)C)c1C. The second-order valence-electron chi connectivity index (χ2n) is 7.29. The quantitative estimate of drug-likeness (QED) is 0.857. The lowest BCUT2D eigenvalue weighted by Crippen LogP contribution is -2.31. The fourth-order valence-electron chi connectivity index (χ4n) is 3.30. The van der Waals surface area contributed by atoms with Crippen LogP contribution in [0.25, 0.3) is 0 Å². The van der Waals surface area contributed by atoms with Crippen LogP contribution >= 0.6 is 0 Å². The number of nitrogens with one attached hydrogen (secondary N) is 2. The molecule has 1 aromatic rings. The molecule has 2 fully saturated rings. The summed E-state index contributed by atoms with van der Waals surface area (Å²) in [5.41, 5.74) is 1.51. The van der Waals surface area contributed by atoms with Gasteiger partial charge < -0.3 is 10.6 Å². The molecular weight excluding hydrogens is 260 g/mol. The molecule has 2 aliphatic rings. The summed E-state index contributed by atoms with van der Waals surface area (Å²) >= 11 is 0. The minimum atomic E-state index is 0.357. The van der Waals surface area contributed by atoms with E-state index < -0.39 is 0 Å². The van der Waals surface area contributed by atoms with Crippen molar-refractivity contribution in [1.29, 1.82) is 0 Å². The highest BCUT2D eigenvalue weighted by Gasteiger charge is 2.35. The fraction of sp³-hybridized carbons (Fsp3) is 0.765. The van der Waals surface area contributed by atoms with E-state index in [2.05, 4.69) is 38.3 Å². The maximum atomic E-state index is 4.84. The Labute approximate surface area is 128 Å². The first-order chi connectivity index (χ1) is 10.0. The Morgan fingerprint density at radius 1 is 1.14 bits per heavy atom. The van der Waals surface area contributed by atoms with Crippen LogP contribution in [0.5, 0.6) is 0 Å². The lowest BCUT2D eigenvalue weighted by molar-refractivity contribution is 0.349. The monoisotopic (exact) mass is 288 g/mol. The first-order valence-corrected chi connectivity index (χ1v) is 8.40. The zero-order valence-electron chi connectivity index (χ0n) is 13.8. The molecule has 116 valence electrons. The van der Waals surface area contributed by atoms with Crippen LogP contribution in [0.2, 0.25) is 0 Å². The summed E-state index contributed by atoms with van der Waals surface area (Å²) in [6.45, 7) is 9.86. The van der Waals surface area contributed by atoms with Crippen molar-refractivity contribution in [3.8, 4) is 0 Å². The molecule has 0 amide bonds. The second-order valence-corrected chi connectivity index (χ2v) is 7.29. The van der Waals surface area contributed by atoms with Gasteiger partial charge in [0.25, 0.3) is 0 Å². The van der Waals surface area contributed by atoms with E-state index in [1.807, 2.05) is 0 Å². The van der Waals surface area contributed by atoms with E-state index in [1.165, 1.54) is 32.1 Å². The largest absolute Gasteiger partial charge is 0.370 e. The van der Waals surface area contributed by atoms with Gasteiger partial charge in [-0.1, -0.05) is 20.3 Å². The van der Waals surface area contributed by atoms with Gasteiger partial charge in [-0.15, -0.1) is 0 Å². The molecule has 1 heterocycles. The molecule has 2 aliphatic carbocycles. The Bertz CT molecular complexity index is 520. The van der Waals surface area contributed by atoms with Gasteiger partial charge in [-0.3, -0.25) is 0 Å². The summed E-state index contributed by atoms with van der Waals surface area (Å²) in [5, 5.41) is 7.12.